The van der Waals surface area contributed by atoms with Crippen molar-refractivity contribution in [3.63, 3.8) is 0 Å². The number of rotatable bonds is 6. The van der Waals surface area contributed by atoms with Crippen LogP contribution in [-0.2, 0) is 6.61 Å². The molecule has 1 N–H and O–H groups in total. The molecule has 0 aromatic heterocycles. The first-order chi connectivity index (χ1) is 12.6. The Kier molecular flexibility index (Phi) is 6.84. The van der Waals surface area contributed by atoms with Crippen LogP contribution in [0.5, 0.6) is 5.75 Å². The number of nitrogens with one attached hydrogen (secondary N) is 1. The summed E-state index contributed by atoms with van der Waals surface area (Å²) < 4.78 is 21.5. The number of hydrazone groups is 1. The second kappa shape index (κ2) is 9.31. The molecule has 0 radical (unpaired) electrons. The molecular weight excluding hydrogens is 557 g/mol. The third-order valence-electron chi connectivity index (χ3n) is 3.53. The molecule has 3 nitrogen and oxygen atoms in total. The summed E-state index contributed by atoms with van der Waals surface area (Å²) in [5.74, 6) is 0.496. The molecule has 0 heterocycles. The number of halogens is 3. The molecule has 132 valence electrons. The van der Waals surface area contributed by atoms with Crippen LogP contribution in [0, 0.1) is 13.0 Å². The topological polar surface area (TPSA) is 33.6 Å². The van der Waals surface area contributed by atoms with Crippen molar-refractivity contribution in [1.82, 2.24) is 0 Å². The Balaban J connectivity index is 1.69. The van der Waals surface area contributed by atoms with Crippen molar-refractivity contribution in [3.05, 3.63) is 90.8 Å². The van der Waals surface area contributed by atoms with Gasteiger partial charge in [0.25, 0.3) is 0 Å². The van der Waals surface area contributed by atoms with E-state index in [1.165, 1.54) is 6.07 Å². The van der Waals surface area contributed by atoms with E-state index in [0.29, 0.717) is 5.56 Å². The zero-order valence-electron chi connectivity index (χ0n) is 13.6. The SMILES string of the molecule is Fc1ccccc1COc1c(I)cc(/C=N/Nc2ccccc2)cc1I. The molecule has 3 aromatic carbocycles. The standard InChI is InChI=1S/C20H15FI2N2O/c21-17-9-5-4-6-15(17)13-26-20-18(22)10-14(11-19(20)23)12-24-25-16-7-2-1-3-8-16/h1-12,25H,13H2/b24-12+. The average Bonchev–Trinajstić information content (AvgIpc) is 2.63. The van der Waals surface area contributed by atoms with Gasteiger partial charge in [-0.15, -0.1) is 0 Å². The molecule has 0 unspecified atom stereocenters. The highest BCUT2D eigenvalue weighted by Gasteiger charge is 2.10. The number of hydrogen-bond donors (Lipinski definition) is 1. The van der Waals surface area contributed by atoms with E-state index < -0.39 is 0 Å². The van der Waals surface area contributed by atoms with Gasteiger partial charge in [-0.3, -0.25) is 5.43 Å². The summed E-state index contributed by atoms with van der Waals surface area (Å²) in [5, 5.41) is 4.26. The number of ether oxygens (including phenoxy) is 1. The molecule has 0 spiro atoms. The Morgan fingerprint density at radius 1 is 0.962 bits per heavy atom. The van der Waals surface area contributed by atoms with Crippen molar-refractivity contribution in [2.45, 2.75) is 6.61 Å². The molecule has 0 aliphatic rings. The fourth-order valence-corrected chi connectivity index (χ4v) is 4.38. The molecule has 0 atom stereocenters. The first-order valence-corrected chi connectivity index (χ1v) is 9.98. The van der Waals surface area contributed by atoms with Gasteiger partial charge >= 0.3 is 0 Å². The average molecular weight is 572 g/mol. The second-order valence-electron chi connectivity index (χ2n) is 5.43. The molecule has 0 aliphatic carbocycles. The second-order valence-corrected chi connectivity index (χ2v) is 7.75. The van der Waals surface area contributed by atoms with E-state index in [0.717, 1.165) is 24.1 Å². The third-order valence-corrected chi connectivity index (χ3v) is 5.13. The molecule has 0 amide bonds. The summed E-state index contributed by atoms with van der Waals surface area (Å²) in [6, 6.07) is 20.4. The predicted octanol–water partition coefficient (Wildman–Crippen LogP) is 6.06. The molecular formula is C20H15FI2N2O. The highest BCUT2D eigenvalue weighted by molar-refractivity contribution is 14.1. The zero-order chi connectivity index (χ0) is 18.4. The van der Waals surface area contributed by atoms with Gasteiger partial charge in [0, 0.05) is 5.56 Å². The van der Waals surface area contributed by atoms with Gasteiger partial charge in [-0.2, -0.15) is 5.10 Å². The summed E-state index contributed by atoms with van der Waals surface area (Å²) >= 11 is 4.44. The van der Waals surface area contributed by atoms with Gasteiger partial charge in [0.05, 0.1) is 19.0 Å². The van der Waals surface area contributed by atoms with Crippen LogP contribution in [0.1, 0.15) is 11.1 Å². The molecule has 0 saturated carbocycles. The van der Waals surface area contributed by atoms with Crippen LogP contribution in [0.3, 0.4) is 0 Å². The summed E-state index contributed by atoms with van der Waals surface area (Å²) in [6.45, 7) is 0.196. The van der Waals surface area contributed by atoms with Gasteiger partial charge in [0.1, 0.15) is 18.2 Å². The normalized spacial score (nSPS) is 10.9. The van der Waals surface area contributed by atoms with E-state index in [2.05, 4.69) is 55.7 Å². The summed E-state index contributed by atoms with van der Waals surface area (Å²) in [4.78, 5) is 0. The number of hydrogen-bond acceptors (Lipinski definition) is 3. The van der Waals surface area contributed by atoms with Crippen LogP contribution in [-0.4, -0.2) is 6.21 Å². The van der Waals surface area contributed by atoms with Crippen molar-refractivity contribution in [3.8, 4) is 5.75 Å². The van der Waals surface area contributed by atoms with E-state index in [1.54, 1.807) is 24.4 Å². The molecule has 0 fully saturated rings. The molecule has 0 saturated heterocycles. The Bertz CT molecular complexity index is 894. The molecule has 3 rings (SSSR count). The smallest absolute Gasteiger partial charge is 0.146 e. The van der Waals surface area contributed by atoms with E-state index in [4.69, 9.17) is 4.74 Å². The van der Waals surface area contributed by atoms with Crippen LogP contribution in [0.15, 0.2) is 71.8 Å². The first-order valence-electron chi connectivity index (χ1n) is 7.83. The maximum absolute atomic E-state index is 13.7. The zero-order valence-corrected chi connectivity index (χ0v) is 17.9. The van der Waals surface area contributed by atoms with E-state index >= 15 is 0 Å². The fraction of sp³-hybridized carbons (Fsp3) is 0.0500. The van der Waals surface area contributed by atoms with Crippen LogP contribution in [0.2, 0.25) is 0 Å². The van der Waals surface area contributed by atoms with Crippen molar-refractivity contribution in [1.29, 1.82) is 0 Å². The van der Waals surface area contributed by atoms with Gasteiger partial charge in [0.2, 0.25) is 0 Å². The van der Waals surface area contributed by atoms with E-state index in [-0.39, 0.29) is 12.4 Å². The molecule has 3 aromatic rings. The van der Waals surface area contributed by atoms with Crippen LogP contribution in [0.25, 0.3) is 0 Å². The van der Waals surface area contributed by atoms with Gasteiger partial charge in [-0.1, -0.05) is 36.4 Å². The Morgan fingerprint density at radius 2 is 1.62 bits per heavy atom. The molecule has 0 aliphatic heterocycles. The maximum atomic E-state index is 13.7. The summed E-state index contributed by atoms with van der Waals surface area (Å²) in [7, 11) is 0. The molecule has 0 bridgehead atoms. The minimum absolute atomic E-state index is 0.196. The third kappa shape index (κ3) is 5.16. The number of benzene rings is 3. The van der Waals surface area contributed by atoms with Crippen molar-refractivity contribution < 1.29 is 9.13 Å². The number of para-hydroxylation sites is 1. The van der Waals surface area contributed by atoms with Crippen LogP contribution >= 0.6 is 45.2 Å². The predicted molar refractivity (Wildman–Crippen MR) is 120 cm³/mol. The molecule has 6 heteroatoms. The fourth-order valence-electron chi connectivity index (χ4n) is 2.25. The number of anilines is 1. The first kappa shape index (κ1) is 19.1. The highest BCUT2D eigenvalue weighted by Crippen LogP contribution is 2.29. The van der Waals surface area contributed by atoms with Crippen LogP contribution < -0.4 is 10.2 Å². The van der Waals surface area contributed by atoms with E-state index in [1.807, 2.05) is 42.5 Å². The Morgan fingerprint density at radius 3 is 2.31 bits per heavy atom. The number of nitrogens with zero attached hydrogens (tertiary/aromatic N) is 1. The largest absolute Gasteiger partial charge is 0.487 e. The maximum Gasteiger partial charge on any atom is 0.146 e. The Hall–Kier alpha value is -1.68. The minimum atomic E-state index is -0.256. The van der Waals surface area contributed by atoms with Crippen molar-refractivity contribution >= 4 is 57.1 Å². The summed E-state index contributed by atoms with van der Waals surface area (Å²) in [6.07, 6.45) is 1.76. The lowest BCUT2D eigenvalue weighted by Crippen LogP contribution is -2.02. The van der Waals surface area contributed by atoms with Gasteiger partial charge in [-0.05, 0) is 81.1 Å². The lowest BCUT2D eigenvalue weighted by Gasteiger charge is -2.12. The Labute approximate surface area is 178 Å². The molecule has 26 heavy (non-hydrogen) atoms. The van der Waals surface area contributed by atoms with Gasteiger partial charge in [-0.25, -0.2) is 4.39 Å². The van der Waals surface area contributed by atoms with Crippen molar-refractivity contribution in [2.24, 2.45) is 5.10 Å². The quantitative estimate of drug-likeness (QED) is 0.222. The van der Waals surface area contributed by atoms with Gasteiger partial charge < -0.3 is 4.74 Å². The van der Waals surface area contributed by atoms with Crippen LogP contribution in [0.4, 0.5) is 10.1 Å². The lowest BCUT2D eigenvalue weighted by molar-refractivity contribution is 0.295. The van der Waals surface area contributed by atoms with E-state index in [9.17, 15) is 4.39 Å². The monoisotopic (exact) mass is 572 g/mol. The van der Waals surface area contributed by atoms with Crippen molar-refractivity contribution in [2.75, 3.05) is 5.43 Å². The summed E-state index contributed by atoms with van der Waals surface area (Å²) in [5.41, 5.74) is 5.42. The van der Waals surface area contributed by atoms with Gasteiger partial charge in [0.15, 0.2) is 0 Å². The highest BCUT2D eigenvalue weighted by atomic mass is 127. The minimum Gasteiger partial charge on any atom is -0.487 e. The lowest BCUT2D eigenvalue weighted by atomic mass is 10.2.